The Balaban J connectivity index is 0.00000243. The van der Waals surface area contributed by atoms with Gasteiger partial charge in [0.15, 0.2) is 0 Å². The zero-order valence-electron chi connectivity index (χ0n) is 16.8. The molecule has 3 fully saturated rings. The van der Waals surface area contributed by atoms with E-state index in [9.17, 15) is 4.79 Å². The summed E-state index contributed by atoms with van der Waals surface area (Å²) < 4.78 is 11.8. The molecule has 0 radical (unpaired) electrons. The smallest absolute Gasteiger partial charge is 0.241 e. The van der Waals surface area contributed by atoms with Crippen molar-refractivity contribution in [3.8, 4) is 0 Å². The second-order valence-electron chi connectivity index (χ2n) is 8.84. The van der Waals surface area contributed by atoms with Gasteiger partial charge in [0.2, 0.25) is 5.91 Å². The van der Waals surface area contributed by atoms with E-state index >= 15 is 0 Å². The number of amides is 1. The predicted molar refractivity (Wildman–Crippen MR) is 105 cm³/mol. The maximum atomic E-state index is 13.1. The first-order chi connectivity index (χ1) is 11.8. The van der Waals surface area contributed by atoms with Gasteiger partial charge in [0.05, 0.1) is 12.2 Å². The van der Waals surface area contributed by atoms with Crippen LogP contribution in [0, 0.1) is 10.8 Å². The molecule has 4 unspecified atom stereocenters. The monoisotopic (exact) mass is 388 g/mol. The summed E-state index contributed by atoms with van der Waals surface area (Å²) in [5.74, 6) is -0.00153. The van der Waals surface area contributed by atoms with Crippen LogP contribution in [0.2, 0.25) is 0 Å². The van der Waals surface area contributed by atoms with E-state index in [4.69, 9.17) is 15.2 Å². The van der Waals surface area contributed by atoms with Crippen molar-refractivity contribution in [2.45, 2.75) is 96.4 Å². The Labute approximate surface area is 164 Å². The summed E-state index contributed by atoms with van der Waals surface area (Å²) in [4.78, 5) is 13.1. The third-order valence-electron chi connectivity index (χ3n) is 7.48. The summed E-state index contributed by atoms with van der Waals surface area (Å²) in [5, 5.41) is 3.33. The molecule has 3 aliphatic carbocycles. The minimum atomic E-state index is -0.834. The summed E-state index contributed by atoms with van der Waals surface area (Å²) in [6.45, 7) is 9.56. The molecule has 3 saturated carbocycles. The normalized spacial score (nSPS) is 37.2. The van der Waals surface area contributed by atoms with Crippen LogP contribution in [0.5, 0.6) is 0 Å². The lowest BCUT2D eigenvalue weighted by molar-refractivity contribution is -0.181. The maximum Gasteiger partial charge on any atom is 0.241 e. The van der Waals surface area contributed by atoms with Gasteiger partial charge in [0.1, 0.15) is 5.54 Å². The molecule has 0 aliphatic heterocycles. The van der Waals surface area contributed by atoms with Crippen molar-refractivity contribution in [2.75, 3.05) is 13.2 Å². The van der Waals surface area contributed by atoms with Gasteiger partial charge in [-0.25, -0.2) is 0 Å². The topological polar surface area (TPSA) is 73.6 Å². The van der Waals surface area contributed by atoms with E-state index in [1.165, 1.54) is 19.3 Å². The number of hydrogen-bond donors (Lipinski definition) is 2. The fraction of sp³-hybridized carbons (Fsp3) is 0.950. The highest BCUT2D eigenvalue weighted by Gasteiger charge is 2.64. The molecular weight excluding hydrogens is 352 g/mol. The molecule has 3 aliphatic rings. The largest absolute Gasteiger partial charge is 0.378 e. The number of rotatable bonds is 6. The van der Waals surface area contributed by atoms with Gasteiger partial charge in [-0.15, -0.1) is 12.4 Å². The van der Waals surface area contributed by atoms with E-state index < -0.39 is 5.54 Å². The van der Waals surface area contributed by atoms with Crippen molar-refractivity contribution in [3.63, 3.8) is 0 Å². The van der Waals surface area contributed by atoms with Crippen molar-refractivity contribution in [1.29, 1.82) is 0 Å². The van der Waals surface area contributed by atoms with E-state index in [0.717, 1.165) is 25.9 Å². The number of carbonyl (C=O) groups excluding carboxylic acids is 1. The van der Waals surface area contributed by atoms with Gasteiger partial charge in [-0.05, 0) is 33.1 Å². The van der Waals surface area contributed by atoms with Gasteiger partial charge >= 0.3 is 0 Å². The van der Waals surface area contributed by atoms with Crippen molar-refractivity contribution < 1.29 is 14.3 Å². The fourth-order valence-electron chi connectivity index (χ4n) is 5.37. The van der Waals surface area contributed by atoms with Crippen LogP contribution in [0.4, 0.5) is 0 Å². The zero-order valence-corrected chi connectivity index (χ0v) is 17.6. The first-order valence-corrected chi connectivity index (χ1v) is 10.1. The van der Waals surface area contributed by atoms with Crippen LogP contribution in [-0.2, 0) is 14.3 Å². The molecule has 0 saturated heterocycles. The maximum absolute atomic E-state index is 13.1. The first-order valence-electron chi connectivity index (χ1n) is 10.1. The zero-order chi connectivity index (χ0) is 18.3. The summed E-state index contributed by atoms with van der Waals surface area (Å²) in [7, 11) is 0. The van der Waals surface area contributed by atoms with E-state index in [-0.39, 0.29) is 41.3 Å². The van der Waals surface area contributed by atoms with Crippen LogP contribution < -0.4 is 11.1 Å². The number of carbonyl (C=O) groups is 1. The highest BCUT2D eigenvalue weighted by atomic mass is 35.5. The Morgan fingerprint density at radius 1 is 1.08 bits per heavy atom. The van der Waals surface area contributed by atoms with Crippen molar-refractivity contribution >= 4 is 18.3 Å². The SMILES string of the molecule is CCOC1CC(NC(=O)C2(N)CC(OCC)C2(C)C)C12CCCCC2.Cl. The highest BCUT2D eigenvalue weighted by molar-refractivity contribution is 5.89. The molecule has 0 aromatic carbocycles. The second kappa shape index (κ2) is 7.94. The summed E-state index contributed by atoms with van der Waals surface area (Å²) in [6.07, 6.45) is 7.97. The van der Waals surface area contributed by atoms with Gasteiger partial charge in [0.25, 0.3) is 0 Å². The summed E-state index contributed by atoms with van der Waals surface area (Å²) >= 11 is 0. The van der Waals surface area contributed by atoms with Crippen molar-refractivity contribution in [2.24, 2.45) is 16.6 Å². The third kappa shape index (κ3) is 3.19. The van der Waals surface area contributed by atoms with Crippen LogP contribution in [0.15, 0.2) is 0 Å². The fourth-order valence-corrected chi connectivity index (χ4v) is 5.37. The summed E-state index contributed by atoms with van der Waals surface area (Å²) in [5.41, 5.74) is 5.52. The van der Waals surface area contributed by atoms with E-state index in [1.807, 2.05) is 6.92 Å². The quantitative estimate of drug-likeness (QED) is 0.732. The number of nitrogens with one attached hydrogen (secondary N) is 1. The Morgan fingerprint density at radius 2 is 1.65 bits per heavy atom. The van der Waals surface area contributed by atoms with Crippen LogP contribution >= 0.6 is 12.4 Å². The minimum absolute atomic E-state index is 0. The molecule has 3 N–H and O–H groups in total. The molecule has 0 heterocycles. The van der Waals surface area contributed by atoms with Gasteiger partial charge in [-0.1, -0.05) is 33.1 Å². The highest BCUT2D eigenvalue weighted by Crippen LogP contribution is 2.54. The molecule has 0 bridgehead atoms. The lowest BCUT2D eigenvalue weighted by atomic mass is 9.52. The molecule has 0 aromatic rings. The molecular formula is C20H37ClN2O3. The molecule has 1 spiro atoms. The number of hydrogen-bond acceptors (Lipinski definition) is 4. The molecule has 152 valence electrons. The van der Waals surface area contributed by atoms with Crippen molar-refractivity contribution in [1.82, 2.24) is 5.32 Å². The van der Waals surface area contributed by atoms with Crippen molar-refractivity contribution in [3.05, 3.63) is 0 Å². The van der Waals surface area contributed by atoms with Crippen LogP contribution in [-0.4, -0.2) is 42.9 Å². The number of nitrogens with two attached hydrogens (primary N) is 1. The van der Waals surface area contributed by atoms with Crippen LogP contribution in [0.3, 0.4) is 0 Å². The van der Waals surface area contributed by atoms with Crippen LogP contribution in [0.25, 0.3) is 0 Å². The Bertz CT molecular complexity index is 507. The Kier molecular flexibility index (Phi) is 6.70. The third-order valence-corrected chi connectivity index (χ3v) is 7.48. The number of halogens is 1. The molecule has 0 aromatic heterocycles. The minimum Gasteiger partial charge on any atom is -0.378 e. The molecule has 6 heteroatoms. The molecule has 5 nitrogen and oxygen atoms in total. The Hall–Kier alpha value is -0.360. The predicted octanol–water partition coefficient (Wildman–Crippen LogP) is 3.18. The number of ether oxygens (including phenoxy) is 2. The molecule has 4 atom stereocenters. The van der Waals surface area contributed by atoms with E-state index in [1.54, 1.807) is 0 Å². The van der Waals surface area contributed by atoms with Gasteiger partial charge < -0.3 is 20.5 Å². The lowest BCUT2D eigenvalue weighted by Crippen LogP contribution is -2.78. The van der Waals surface area contributed by atoms with E-state index in [2.05, 4.69) is 26.1 Å². The summed E-state index contributed by atoms with van der Waals surface area (Å²) in [6, 6.07) is 0.208. The lowest BCUT2D eigenvalue weighted by Gasteiger charge is -2.61. The molecule has 1 amide bonds. The van der Waals surface area contributed by atoms with Crippen LogP contribution in [0.1, 0.15) is 72.6 Å². The molecule has 3 rings (SSSR count). The average molecular weight is 389 g/mol. The standard InChI is InChI=1S/C20H36N2O3.ClH/c1-5-24-15-12-14(19(15)10-8-7-9-11-19)22-17(23)20(21)13-16(25-6-2)18(20,3)4;/h14-16H,5-13,21H2,1-4H3,(H,22,23);1H. The Morgan fingerprint density at radius 3 is 2.19 bits per heavy atom. The van der Waals surface area contributed by atoms with E-state index in [0.29, 0.717) is 19.1 Å². The average Bonchev–Trinajstić information content (AvgIpc) is 2.61. The molecule has 26 heavy (non-hydrogen) atoms. The van der Waals surface area contributed by atoms with Gasteiger partial charge in [0, 0.05) is 36.5 Å². The van der Waals surface area contributed by atoms with Gasteiger partial charge in [-0.2, -0.15) is 0 Å². The second-order valence-corrected chi connectivity index (χ2v) is 8.84. The first kappa shape index (κ1) is 21.9. The van der Waals surface area contributed by atoms with Gasteiger partial charge in [-0.3, -0.25) is 4.79 Å².